The van der Waals surface area contributed by atoms with E-state index >= 15 is 0 Å². The maximum absolute atomic E-state index is 14.1. The van der Waals surface area contributed by atoms with E-state index in [1.54, 1.807) is 6.07 Å². The predicted octanol–water partition coefficient (Wildman–Crippen LogP) is 6.08. The van der Waals surface area contributed by atoms with E-state index in [2.05, 4.69) is 24.3 Å². The van der Waals surface area contributed by atoms with Gasteiger partial charge in [-0.15, -0.1) is 0 Å². The molecular formula is C24H25FO2. The molecule has 0 fully saturated rings. The Morgan fingerprint density at radius 2 is 1.22 bits per heavy atom. The van der Waals surface area contributed by atoms with Crippen molar-refractivity contribution in [3.8, 4) is 22.6 Å². The van der Waals surface area contributed by atoms with Crippen LogP contribution in [0.1, 0.15) is 25.0 Å². The molecule has 0 radical (unpaired) electrons. The molecule has 0 spiro atoms. The van der Waals surface area contributed by atoms with Crippen LogP contribution in [0, 0.1) is 5.82 Å². The van der Waals surface area contributed by atoms with Gasteiger partial charge in [0, 0.05) is 0 Å². The van der Waals surface area contributed by atoms with Crippen molar-refractivity contribution >= 4 is 0 Å². The fourth-order valence-electron chi connectivity index (χ4n) is 3.02. The van der Waals surface area contributed by atoms with Crippen molar-refractivity contribution < 1.29 is 13.9 Å². The normalized spacial score (nSPS) is 10.6. The highest BCUT2D eigenvalue weighted by Crippen LogP contribution is 2.26. The zero-order chi connectivity index (χ0) is 19.1. The average molecular weight is 364 g/mol. The third-order valence-electron chi connectivity index (χ3n) is 4.46. The second-order valence-corrected chi connectivity index (χ2v) is 6.35. The summed E-state index contributed by atoms with van der Waals surface area (Å²) in [6, 6.07) is 21.7. The van der Waals surface area contributed by atoms with Gasteiger partial charge in [0.15, 0.2) is 11.6 Å². The summed E-state index contributed by atoms with van der Waals surface area (Å²) in [5, 5.41) is 0. The van der Waals surface area contributed by atoms with Crippen molar-refractivity contribution in [1.82, 2.24) is 0 Å². The van der Waals surface area contributed by atoms with Crippen LogP contribution in [0.15, 0.2) is 66.7 Å². The van der Waals surface area contributed by atoms with Crippen molar-refractivity contribution in [2.24, 2.45) is 0 Å². The lowest BCUT2D eigenvalue weighted by molar-refractivity contribution is 0.321. The van der Waals surface area contributed by atoms with E-state index in [-0.39, 0.29) is 5.82 Å². The molecule has 0 saturated heterocycles. The van der Waals surface area contributed by atoms with Gasteiger partial charge >= 0.3 is 0 Å². The molecule has 0 aliphatic rings. The molecule has 0 aliphatic carbocycles. The average Bonchev–Trinajstić information content (AvgIpc) is 2.70. The molecule has 0 aromatic heterocycles. The number of halogens is 1. The van der Waals surface area contributed by atoms with Gasteiger partial charge in [0.1, 0.15) is 5.75 Å². The largest absolute Gasteiger partial charge is 0.494 e. The van der Waals surface area contributed by atoms with Crippen LogP contribution in [-0.2, 0) is 12.8 Å². The van der Waals surface area contributed by atoms with Crippen LogP contribution >= 0.6 is 0 Å². The van der Waals surface area contributed by atoms with Crippen LogP contribution in [0.4, 0.5) is 4.39 Å². The lowest BCUT2D eigenvalue weighted by Crippen LogP contribution is -1.95. The van der Waals surface area contributed by atoms with Crippen LogP contribution in [0.25, 0.3) is 11.1 Å². The molecular weight excluding hydrogens is 339 g/mol. The van der Waals surface area contributed by atoms with Gasteiger partial charge in [-0.2, -0.15) is 0 Å². The quantitative estimate of drug-likeness (QED) is 0.482. The minimum Gasteiger partial charge on any atom is -0.494 e. The summed E-state index contributed by atoms with van der Waals surface area (Å²) in [6.07, 6.45) is 1.94. The Kier molecular flexibility index (Phi) is 6.48. The fraction of sp³-hybridized carbons (Fsp3) is 0.250. The summed E-state index contributed by atoms with van der Waals surface area (Å²) in [7, 11) is 0. The molecule has 3 aromatic carbocycles. The smallest absolute Gasteiger partial charge is 0.165 e. The van der Waals surface area contributed by atoms with Crippen molar-refractivity contribution in [2.45, 2.75) is 26.7 Å². The molecule has 0 amide bonds. The first-order valence-electron chi connectivity index (χ1n) is 9.43. The summed E-state index contributed by atoms with van der Waals surface area (Å²) < 4.78 is 24.8. The number of aryl methyl sites for hydroxylation is 2. The molecule has 0 atom stereocenters. The number of hydrogen-bond acceptors (Lipinski definition) is 2. The van der Waals surface area contributed by atoms with Crippen LogP contribution in [0.2, 0.25) is 0 Å². The summed E-state index contributed by atoms with van der Waals surface area (Å²) in [6.45, 7) is 4.97. The lowest BCUT2D eigenvalue weighted by Gasteiger charge is -2.08. The zero-order valence-corrected chi connectivity index (χ0v) is 15.9. The highest BCUT2D eigenvalue weighted by molar-refractivity contribution is 5.64. The van der Waals surface area contributed by atoms with Gasteiger partial charge in [-0.25, -0.2) is 4.39 Å². The maximum Gasteiger partial charge on any atom is 0.165 e. The Morgan fingerprint density at radius 3 is 1.78 bits per heavy atom. The molecule has 27 heavy (non-hydrogen) atoms. The second-order valence-electron chi connectivity index (χ2n) is 6.35. The highest BCUT2D eigenvalue weighted by atomic mass is 19.1. The van der Waals surface area contributed by atoms with Crippen LogP contribution in [-0.4, -0.2) is 13.2 Å². The number of rotatable bonds is 8. The highest BCUT2D eigenvalue weighted by Gasteiger charge is 2.06. The van der Waals surface area contributed by atoms with Gasteiger partial charge in [0.05, 0.1) is 13.2 Å². The standard InChI is InChI=1S/C24H25FO2/c1-3-26-22-14-9-19(10-15-22)6-5-18-7-11-20(12-8-18)21-13-16-24(27-4-2)23(25)17-21/h7-17H,3-6H2,1-2H3. The number of benzene rings is 3. The maximum atomic E-state index is 14.1. The van der Waals surface area contributed by atoms with Gasteiger partial charge in [-0.3, -0.25) is 0 Å². The van der Waals surface area contributed by atoms with E-state index in [1.165, 1.54) is 17.2 Å². The molecule has 0 aliphatic heterocycles. The van der Waals surface area contributed by atoms with E-state index in [4.69, 9.17) is 9.47 Å². The molecule has 3 heteroatoms. The SMILES string of the molecule is CCOc1ccc(CCc2ccc(-c3ccc(OCC)c(F)c3)cc2)cc1. The summed E-state index contributed by atoms with van der Waals surface area (Å²) >= 11 is 0. The molecule has 2 nitrogen and oxygen atoms in total. The molecule has 0 heterocycles. The Morgan fingerprint density at radius 1 is 0.667 bits per heavy atom. The van der Waals surface area contributed by atoms with E-state index in [9.17, 15) is 4.39 Å². The zero-order valence-electron chi connectivity index (χ0n) is 15.9. The minimum absolute atomic E-state index is 0.299. The van der Waals surface area contributed by atoms with Crippen molar-refractivity contribution in [2.75, 3.05) is 13.2 Å². The summed E-state index contributed by atoms with van der Waals surface area (Å²) in [5.41, 5.74) is 4.41. The second kappa shape index (κ2) is 9.22. The van der Waals surface area contributed by atoms with E-state index in [0.717, 1.165) is 29.7 Å². The third kappa shape index (κ3) is 5.10. The van der Waals surface area contributed by atoms with Gasteiger partial charge in [-0.05, 0) is 73.2 Å². The van der Waals surface area contributed by atoms with Gasteiger partial charge in [-0.1, -0.05) is 42.5 Å². The van der Waals surface area contributed by atoms with Crippen LogP contribution in [0.5, 0.6) is 11.5 Å². The lowest BCUT2D eigenvalue weighted by atomic mass is 10.00. The summed E-state index contributed by atoms with van der Waals surface area (Å²) in [5.74, 6) is 0.885. The predicted molar refractivity (Wildman–Crippen MR) is 108 cm³/mol. The molecule has 3 aromatic rings. The first-order chi connectivity index (χ1) is 13.2. The van der Waals surface area contributed by atoms with Crippen molar-refractivity contribution in [3.63, 3.8) is 0 Å². The molecule has 0 saturated carbocycles. The minimum atomic E-state index is -0.325. The van der Waals surface area contributed by atoms with E-state index in [1.807, 2.05) is 44.2 Å². The molecule has 3 rings (SSSR count). The molecule has 0 unspecified atom stereocenters. The van der Waals surface area contributed by atoms with Gasteiger partial charge < -0.3 is 9.47 Å². The number of ether oxygens (including phenoxy) is 2. The topological polar surface area (TPSA) is 18.5 Å². The van der Waals surface area contributed by atoms with Crippen LogP contribution < -0.4 is 9.47 Å². The first-order valence-corrected chi connectivity index (χ1v) is 9.43. The Labute approximate surface area is 160 Å². The van der Waals surface area contributed by atoms with Gasteiger partial charge in [0.25, 0.3) is 0 Å². The van der Waals surface area contributed by atoms with E-state index < -0.39 is 0 Å². The third-order valence-corrected chi connectivity index (χ3v) is 4.46. The van der Waals surface area contributed by atoms with E-state index in [0.29, 0.717) is 19.0 Å². The van der Waals surface area contributed by atoms with Crippen molar-refractivity contribution in [3.05, 3.63) is 83.7 Å². The van der Waals surface area contributed by atoms with Crippen molar-refractivity contribution in [1.29, 1.82) is 0 Å². The monoisotopic (exact) mass is 364 g/mol. The Balaban J connectivity index is 1.62. The molecule has 0 N–H and O–H groups in total. The molecule has 0 bridgehead atoms. The number of hydrogen-bond donors (Lipinski definition) is 0. The summed E-state index contributed by atoms with van der Waals surface area (Å²) in [4.78, 5) is 0. The Hall–Kier alpha value is -2.81. The Bertz CT molecular complexity index is 855. The molecule has 140 valence electrons. The first kappa shape index (κ1) is 19.0. The van der Waals surface area contributed by atoms with Gasteiger partial charge in [0.2, 0.25) is 0 Å². The van der Waals surface area contributed by atoms with Crippen LogP contribution in [0.3, 0.4) is 0 Å². The fourth-order valence-corrected chi connectivity index (χ4v) is 3.02.